The van der Waals surface area contributed by atoms with Gasteiger partial charge in [-0.1, -0.05) is 13.3 Å². The van der Waals surface area contributed by atoms with E-state index in [1.54, 1.807) is 12.0 Å². The third-order valence-electron chi connectivity index (χ3n) is 2.72. The normalized spacial score (nSPS) is 21.1. The maximum absolute atomic E-state index is 11.8. The lowest BCUT2D eigenvalue weighted by Gasteiger charge is -2.22. The monoisotopic (exact) mass is 245 g/mol. The number of amides is 1. The first kappa shape index (κ1) is 14.3. The Hall–Kier alpha value is -0.810. The van der Waals surface area contributed by atoms with Crippen LogP contribution in [0.2, 0.25) is 0 Å². The molecule has 1 unspecified atom stereocenters. The second kappa shape index (κ2) is 8.31. The zero-order valence-electron chi connectivity index (χ0n) is 10.8. The number of ether oxygens (including phenoxy) is 3. The van der Waals surface area contributed by atoms with Crippen molar-refractivity contribution in [2.75, 3.05) is 46.6 Å². The molecule has 0 aromatic rings. The van der Waals surface area contributed by atoms with Crippen LogP contribution in [-0.2, 0) is 14.2 Å². The van der Waals surface area contributed by atoms with Gasteiger partial charge >= 0.3 is 6.09 Å². The Morgan fingerprint density at radius 1 is 1.53 bits per heavy atom. The number of unbranched alkanes of at least 4 members (excludes halogenated alkanes) is 1. The second-order valence-electron chi connectivity index (χ2n) is 4.31. The van der Waals surface area contributed by atoms with Crippen molar-refractivity contribution in [3.63, 3.8) is 0 Å². The second-order valence-corrected chi connectivity index (χ2v) is 4.31. The Kier molecular flexibility index (Phi) is 6.96. The number of hydrogen-bond donors (Lipinski definition) is 0. The van der Waals surface area contributed by atoms with E-state index in [2.05, 4.69) is 6.92 Å². The molecule has 1 aliphatic rings. The van der Waals surface area contributed by atoms with Gasteiger partial charge in [-0.25, -0.2) is 4.79 Å². The van der Waals surface area contributed by atoms with Gasteiger partial charge in [0, 0.05) is 26.1 Å². The lowest BCUT2D eigenvalue weighted by Crippen LogP contribution is -2.37. The summed E-state index contributed by atoms with van der Waals surface area (Å²) in [6, 6.07) is 0. The van der Waals surface area contributed by atoms with Crippen molar-refractivity contribution in [2.45, 2.75) is 19.8 Å². The van der Waals surface area contributed by atoms with Crippen molar-refractivity contribution in [1.82, 2.24) is 4.90 Å². The molecule has 0 aromatic heterocycles. The maximum Gasteiger partial charge on any atom is 0.409 e. The van der Waals surface area contributed by atoms with Gasteiger partial charge in [0.2, 0.25) is 0 Å². The first-order valence-electron chi connectivity index (χ1n) is 6.26. The molecule has 0 aliphatic carbocycles. The fourth-order valence-corrected chi connectivity index (χ4v) is 1.78. The van der Waals surface area contributed by atoms with Crippen molar-refractivity contribution in [3.8, 4) is 0 Å². The summed E-state index contributed by atoms with van der Waals surface area (Å²) >= 11 is 0. The van der Waals surface area contributed by atoms with Crippen LogP contribution in [0, 0.1) is 5.92 Å². The summed E-state index contributed by atoms with van der Waals surface area (Å²) in [5, 5.41) is 0. The van der Waals surface area contributed by atoms with Crippen molar-refractivity contribution < 1.29 is 19.0 Å². The lowest BCUT2D eigenvalue weighted by molar-refractivity contribution is 0.0744. The SMILES string of the molecule is CCCCOC(=O)N1CCOCC(COC)C1. The number of carbonyl (C=O) groups excluding carboxylic acids is 1. The minimum atomic E-state index is -0.231. The number of nitrogens with zero attached hydrogens (tertiary/aromatic N) is 1. The van der Waals surface area contributed by atoms with Gasteiger partial charge in [0.15, 0.2) is 0 Å². The summed E-state index contributed by atoms with van der Waals surface area (Å²) < 4.78 is 15.7. The molecule has 1 amide bonds. The van der Waals surface area contributed by atoms with Gasteiger partial charge in [-0.05, 0) is 6.42 Å². The van der Waals surface area contributed by atoms with Gasteiger partial charge in [-0.15, -0.1) is 0 Å². The molecule has 1 atom stereocenters. The summed E-state index contributed by atoms with van der Waals surface area (Å²) in [7, 11) is 1.66. The van der Waals surface area contributed by atoms with E-state index >= 15 is 0 Å². The summed E-state index contributed by atoms with van der Waals surface area (Å²) in [6.07, 6.45) is 1.71. The van der Waals surface area contributed by atoms with Crippen molar-refractivity contribution in [2.24, 2.45) is 5.92 Å². The van der Waals surface area contributed by atoms with Crippen LogP contribution in [0.3, 0.4) is 0 Å². The van der Waals surface area contributed by atoms with Crippen LogP contribution in [0.5, 0.6) is 0 Å². The van der Waals surface area contributed by atoms with E-state index in [9.17, 15) is 4.79 Å². The van der Waals surface area contributed by atoms with Gasteiger partial charge in [0.05, 0.1) is 26.4 Å². The zero-order valence-corrected chi connectivity index (χ0v) is 10.8. The van der Waals surface area contributed by atoms with Gasteiger partial charge in [0.25, 0.3) is 0 Å². The molecule has 5 nitrogen and oxygen atoms in total. The topological polar surface area (TPSA) is 48.0 Å². The number of rotatable bonds is 5. The molecule has 0 N–H and O–H groups in total. The molecule has 1 heterocycles. The van der Waals surface area contributed by atoms with E-state index in [1.165, 1.54) is 0 Å². The van der Waals surface area contributed by atoms with Gasteiger partial charge in [-0.3, -0.25) is 0 Å². The summed E-state index contributed by atoms with van der Waals surface area (Å²) in [6.45, 7) is 5.66. The largest absolute Gasteiger partial charge is 0.449 e. The van der Waals surface area contributed by atoms with Gasteiger partial charge < -0.3 is 19.1 Å². The molecule has 1 aliphatic heterocycles. The van der Waals surface area contributed by atoms with Crippen molar-refractivity contribution in [3.05, 3.63) is 0 Å². The highest BCUT2D eigenvalue weighted by molar-refractivity contribution is 5.67. The first-order chi connectivity index (χ1) is 8.27. The Morgan fingerprint density at radius 3 is 3.06 bits per heavy atom. The molecular formula is C12H23NO4. The van der Waals surface area contributed by atoms with Crippen LogP contribution in [0.15, 0.2) is 0 Å². The fraction of sp³-hybridized carbons (Fsp3) is 0.917. The molecule has 17 heavy (non-hydrogen) atoms. The van der Waals surface area contributed by atoms with E-state index in [-0.39, 0.29) is 12.0 Å². The van der Waals surface area contributed by atoms with Crippen LogP contribution in [-0.4, -0.2) is 57.6 Å². The fourth-order valence-electron chi connectivity index (χ4n) is 1.78. The number of hydrogen-bond acceptors (Lipinski definition) is 4. The Labute approximate surface area is 103 Å². The molecular weight excluding hydrogens is 222 g/mol. The minimum absolute atomic E-state index is 0.231. The molecule has 5 heteroatoms. The average molecular weight is 245 g/mol. The molecule has 0 radical (unpaired) electrons. The van der Waals surface area contributed by atoms with E-state index in [0.717, 1.165) is 12.8 Å². The lowest BCUT2D eigenvalue weighted by atomic mass is 10.2. The molecule has 100 valence electrons. The highest BCUT2D eigenvalue weighted by atomic mass is 16.6. The minimum Gasteiger partial charge on any atom is -0.449 e. The third-order valence-corrected chi connectivity index (χ3v) is 2.72. The Morgan fingerprint density at radius 2 is 2.35 bits per heavy atom. The van der Waals surface area contributed by atoms with E-state index in [0.29, 0.717) is 39.5 Å². The highest BCUT2D eigenvalue weighted by Crippen LogP contribution is 2.09. The number of methoxy groups -OCH3 is 1. The van der Waals surface area contributed by atoms with Crippen molar-refractivity contribution >= 4 is 6.09 Å². The Balaban J connectivity index is 2.36. The molecule has 0 saturated carbocycles. The highest BCUT2D eigenvalue weighted by Gasteiger charge is 2.23. The molecule has 0 spiro atoms. The van der Waals surface area contributed by atoms with E-state index in [4.69, 9.17) is 14.2 Å². The Bertz CT molecular complexity index is 223. The predicted octanol–water partition coefficient (Wildman–Crippen LogP) is 1.52. The maximum atomic E-state index is 11.8. The van der Waals surface area contributed by atoms with Crippen LogP contribution in [0.4, 0.5) is 4.79 Å². The first-order valence-corrected chi connectivity index (χ1v) is 6.26. The van der Waals surface area contributed by atoms with Crippen LogP contribution < -0.4 is 0 Å². The van der Waals surface area contributed by atoms with Crippen molar-refractivity contribution in [1.29, 1.82) is 0 Å². The molecule has 1 rings (SSSR count). The van der Waals surface area contributed by atoms with Crippen LogP contribution >= 0.6 is 0 Å². The van der Waals surface area contributed by atoms with E-state index in [1.807, 2.05) is 0 Å². The summed E-state index contributed by atoms with van der Waals surface area (Å²) in [5.41, 5.74) is 0. The van der Waals surface area contributed by atoms with Crippen LogP contribution in [0.25, 0.3) is 0 Å². The van der Waals surface area contributed by atoms with E-state index < -0.39 is 0 Å². The molecule has 0 bridgehead atoms. The summed E-state index contributed by atoms with van der Waals surface area (Å²) in [4.78, 5) is 13.5. The molecule has 1 saturated heterocycles. The number of carbonyl (C=O) groups is 1. The third kappa shape index (κ3) is 5.37. The summed E-state index contributed by atoms with van der Waals surface area (Å²) in [5.74, 6) is 0.237. The smallest absolute Gasteiger partial charge is 0.409 e. The molecule has 0 aromatic carbocycles. The standard InChI is InChI=1S/C12H23NO4/c1-3-4-6-17-12(14)13-5-7-16-10-11(8-13)9-15-2/h11H,3-10H2,1-2H3. The quantitative estimate of drug-likeness (QED) is 0.689. The molecule has 1 fully saturated rings. The zero-order chi connectivity index (χ0) is 12.5. The average Bonchev–Trinajstić information content (AvgIpc) is 2.55. The predicted molar refractivity (Wildman–Crippen MR) is 64.0 cm³/mol. The van der Waals surface area contributed by atoms with Crippen LogP contribution in [0.1, 0.15) is 19.8 Å². The van der Waals surface area contributed by atoms with Gasteiger partial charge in [0.1, 0.15) is 0 Å². The van der Waals surface area contributed by atoms with Gasteiger partial charge in [-0.2, -0.15) is 0 Å².